The molecule has 5 heteroatoms. The average molecular weight is 279 g/mol. The summed E-state index contributed by atoms with van der Waals surface area (Å²) in [7, 11) is 4.04. The van der Waals surface area contributed by atoms with Crippen LogP contribution in [-0.2, 0) is 0 Å². The Morgan fingerprint density at radius 3 is 2.45 bits per heavy atom. The number of nitrogens with zero attached hydrogens (tertiary/aromatic N) is 1. The normalized spacial score (nSPS) is 12.8. The molecule has 0 fully saturated rings. The van der Waals surface area contributed by atoms with Gasteiger partial charge >= 0.3 is 5.97 Å². The first-order valence-corrected chi connectivity index (χ1v) is 6.77. The van der Waals surface area contributed by atoms with Gasteiger partial charge < -0.3 is 21.1 Å². The van der Waals surface area contributed by atoms with Crippen LogP contribution in [0.4, 0.5) is 11.4 Å². The van der Waals surface area contributed by atoms with Crippen molar-refractivity contribution >= 4 is 17.3 Å². The first kappa shape index (κ1) is 16.3. The highest BCUT2D eigenvalue weighted by molar-refractivity contribution is 5.95. The zero-order chi connectivity index (χ0) is 15.4. The minimum atomic E-state index is -0.997. The molecule has 20 heavy (non-hydrogen) atoms. The molecule has 0 aliphatic heterocycles. The summed E-state index contributed by atoms with van der Waals surface area (Å²) < 4.78 is 0. The van der Waals surface area contributed by atoms with Gasteiger partial charge in [-0.3, -0.25) is 0 Å². The van der Waals surface area contributed by atoms with Gasteiger partial charge in [-0.1, -0.05) is 13.8 Å². The van der Waals surface area contributed by atoms with Crippen molar-refractivity contribution in [3.63, 3.8) is 0 Å². The third-order valence-electron chi connectivity index (χ3n) is 3.34. The van der Waals surface area contributed by atoms with E-state index in [0.29, 0.717) is 11.6 Å². The molecule has 4 N–H and O–H groups in total. The first-order valence-electron chi connectivity index (χ1n) is 6.77. The molecular formula is C15H25N3O2. The predicted octanol–water partition coefficient (Wildman–Crippen LogP) is 2.27. The molecule has 1 aromatic rings. The van der Waals surface area contributed by atoms with E-state index >= 15 is 0 Å². The lowest BCUT2D eigenvalue weighted by atomic mass is 10.0. The minimum absolute atomic E-state index is 0.153. The molecule has 1 rings (SSSR count). The summed E-state index contributed by atoms with van der Waals surface area (Å²) >= 11 is 0. The second kappa shape index (κ2) is 6.61. The van der Waals surface area contributed by atoms with E-state index < -0.39 is 5.97 Å². The molecule has 1 atom stereocenters. The number of aromatic carboxylic acids is 1. The zero-order valence-electron chi connectivity index (χ0n) is 12.9. The number of rotatable bonds is 6. The van der Waals surface area contributed by atoms with Crippen molar-refractivity contribution in [3.8, 4) is 0 Å². The second-order valence-corrected chi connectivity index (χ2v) is 5.82. The Labute approximate surface area is 120 Å². The summed E-state index contributed by atoms with van der Waals surface area (Å²) in [5.74, 6) is -0.563. The van der Waals surface area contributed by atoms with Crippen LogP contribution in [0, 0.1) is 12.8 Å². The van der Waals surface area contributed by atoms with Crippen LogP contribution in [0.25, 0.3) is 0 Å². The van der Waals surface area contributed by atoms with E-state index in [1.165, 1.54) is 0 Å². The van der Waals surface area contributed by atoms with Crippen LogP contribution in [0.5, 0.6) is 0 Å². The van der Waals surface area contributed by atoms with Crippen LogP contribution in [0.15, 0.2) is 12.1 Å². The van der Waals surface area contributed by atoms with Crippen LogP contribution in [0.2, 0.25) is 0 Å². The van der Waals surface area contributed by atoms with Gasteiger partial charge in [0.1, 0.15) is 0 Å². The zero-order valence-corrected chi connectivity index (χ0v) is 12.9. The van der Waals surface area contributed by atoms with Gasteiger partial charge in [0.05, 0.1) is 5.56 Å². The number of benzene rings is 1. The highest BCUT2D eigenvalue weighted by Gasteiger charge is 2.17. The van der Waals surface area contributed by atoms with Crippen molar-refractivity contribution in [3.05, 3.63) is 23.3 Å². The lowest BCUT2D eigenvalue weighted by molar-refractivity contribution is 0.0698. The first-order chi connectivity index (χ1) is 9.22. The number of carboxylic acids is 1. The predicted molar refractivity (Wildman–Crippen MR) is 83.4 cm³/mol. The molecule has 0 saturated heterocycles. The van der Waals surface area contributed by atoms with Gasteiger partial charge in [-0.2, -0.15) is 0 Å². The molecular weight excluding hydrogens is 254 g/mol. The molecule has 0 heterocycles. The van der Waals surface area contributed by atoms with E-state index in [4.69, 9.17) is 5.73 Å². The fraction of sp³-hybridized carbons (Fsp3) is 0.533. The standard InChI is InChI=1S/C15H25N3O2/c1-9(2)13(8-18(4)5)17-11-6-10(3)14(16)12(7-11)15(19)20/h6-7,9,13,17H,8,16H2,1-5H3,(H,19,20). The summed E-state index contributed by atoms with van der Waals surface area (Å²) in [6.07, 6.45) is 0. The van der Waals surface area contributed by atoms with Crippen molar-refractivity contribution in [1.29, 1.82) is 0 Å². The van der Waals surface area contributed by atoms with E-state index in [1.54, 1.807) is 6.07 Å². The number of nitrogens with one attached hydrogen (secondary N) is 1. The summed E-state index contributed by atoms with van der Waals surface area (Å²) in [5.41, 5.74) is 7.87. The third-order valence-corrected chi connectivity index (χ3v) is 3.34. The largest absolute Gasteiger partial charge is 0.478 e. The molecule has 0 amide bonds. The molecule has 0 aliphatic rings. The fourth-order valence-electron chi connectivity index (χ4n) is 2.09. The number of hydrogen-bond donors (Lipinski definition) is 3. The summed E-state index contributed by atoms with van der Waals surface area (Å²) in [6.45, 7) is 6.99. The van der Waals surface area contributed by atoms with Gasteiger partial charge in [0, 0.05) is 24.0 Å². The Morgan fingerprint density at radius 1 is 1.40 bits per heavy atom. The summed E-state index contributed by atoms with van der Waals surface area (Å²) in [5, 5.41) is 12.6. The fourth-order valence-corrected chi connectivity index (χ4v) is 2.09. The molecule has 0 aliphatic carbocycles. The van der Waals surface area contributed by atoms with Gasteiger partial charge in [0.2, 0.25) is 0 Å². The van der Waals surface area contributed by atoms with E-state index in [2.05, 4.69) is 24.1 Å². The monoisotopic (exact) mass is 279 g/mol. The maximum Gasteiger partial charge on any atom is 0.337 e. The quantitative estimate of drug-likeness (QED) is 0.696. The number of nitrogen functional groups attached to an aromatic ring is 1. The van der Waals surface area contributed by atoms with Crippen LogP contribution < -0.4 is 11.1 Å². The summed E-state index contributed by atoms with van der Waals surface area (Å²) in [6, 6.07) is 3.75. The minimum Gasteiger partial charge on any atom is -0.478 e. The van der Waals surface area contributed by atoms with Crippen molar-refractivity contribution in [2.24, 2.45) is 5.92 Å². The van der Waals surface area contributed by atoms with Gasteiger partial charge in [0.15, 0.2) is 0 Å². The van der Waals surface area contributed by atoms with Gasteiger partial charge in [0.25, 0.3) is 0 Å². The van der Waals surface area contributed by atoms with E-state index in [-0.39, 0.29) is 11.6 Å². The Morgan fingerprint density at radius 2 is 2.00 bits per heavy atom. The van der Waals surface area contributed by atoms with Crippen molar-refractivity contribution in [2.75, 3.05) is 31.7 Å². The number of nitrogens with two attached hydrogens (primary N) is 1. The highest BCUT2D eigenvalue weighted by Crippen LogP contribution is 2.24. The topological polar surface area (TPSA) is 78.6 Å². The Bertz CT molecular complexity index is 484. The number of anilines is 2. The lowest BCUT2D eigenvalue weighted by Crippen LogP contribution is -2.36. The van der Waals surface area contributed by atoms with Crippen molar-refractivity contribution < 1.29 is 9.90 Å². The van der Waals surface area contributed by atoms with Crippen LogP contribution in [-0.4, -0.2) is 42.7 Å². The Balaban J connectivity index is 3.04. The molecule has 1 aromatic carbocycles. The van der Waals surface area contributed by atoms with Gasteiger partial charge in [-0.05, 0) is 44.6 Å². The van der Waals surface area contributed by atoms with Gasteiger partial charge in [-0.15, -0.1) is 0 Å². The maximum absolute atomic E-state index is 11.2. The average Bonchev–Trinajstić information content (AvgIpc) is 2.31. The summed E-state index contributed by atoms with van der Waals surface area (Å²) in [4.78, 5) is 13.3. The second-order valence-electron chi connectivity index (χ2n) is 5.82. The van der Waals surface area contributed by atoms with E-state index in [1.807, 2.05) is 27.1 Å². The number of likely N-dealkylation sites (N-methyl/N-ethyl adjacent to an activating group) is 1. The number of carbonyl (C=O) groups is 1. The molecule has 5 nitrogen and oxygen atoms in total. The third kappa shape index (κ3) is 4.13. The highest BCUT2D eigenvalue weighted by atomic mass is 16.4. The van der Waals surface area contributed by atoms with Crippen LogP contribution in [0.1, 0.15) is 29.8 Å². The van der Waals surface area contributed by atoms with Crippen LogP contribution in [0.3, 0.4) is 0 Å². The Hall–Kier alpha value is -1.75. The molecule has 0 spiro atoms. The van der Waals surface area contributed by atoms with Crippen molar-refractivity contribution in [2.45, 2.75) is 26.8 Å². The maximum atomic E-state index is 11.2. The Kier molecular flexibility index (Phi) is 5.39. The number of carboxylic acid groups (broad SMARTS) is 1. The SMILES string of the molecule is Cc1cc(NC(CN(C)C)C(C)C)cc(C(=O)O)c1N. The molecule has 112 valence electrons. The molecule has 1 unspecified atom stereocenters. The van der Waals surface area contributed by atoms with E-state index in [0.717, 1.165) is 17.8 Å². The van der Waals surface area contributed by atoms with E-state index in [9.17, 15) is 9.90 Å². The number of aryl methyl sites for hydroxylation is 1. The molecule has 0 bridgehead atoms. The van der Waals surface area contributed by atoms with Gasteiger partial charge in [-0.25, -0.2) is 4.79 Å². The van der Waals surface area contributed by atoms with Crippen LogP contribution >= 0.6 is 0 Å². The smallest absolute Gasteiger partial charge is 0.337 e. The molecule has 0 aromatic heterocycles. The molecule has 0 saturated carbocycles. The number of hydrogen-bond acceptors (Lipinski definition) is 4. The molecule has 0 radical (unpaired) electrons. The van der Waals surface area contributed by atoms with Crippen molar-refractivity contribution in [1.82, 2.24) is 4.90 Å². The lowest BCUT2D eigenvalue weighted by Gasteiger charge is -2.27.